The average Bonchev–Trinajstić information content (AvgIpc) is 2.41. The van der Waals surface area contributed by atoms with Crippen LogP contribution in [0.3, 0.4) is 0 Å². The maximum atomic E-state index is 5.32. The topological polar surface area (TPSA) is 67.6 Å². The number of aromatic nitrogens is 3. The van der Waals surface area contributed by atoms with Crippen LogP contribution in [-0.2, 0) is 6.42 Å². The number of unbranched alkanes of at least 4 members (excludes halogenated alkanes) is 1. The molecule has 0 aliphatic heterocycles. The molecule has 0 amide bonds. The molecular weight excluding hydrogens is 199 g/mol. The van der Waals surface area contributed by atoms with Crippen molar-refractivity contribution in [3.63, 3.8) is 0 Å². The molecule has 1 heterocycles. The largest absolute Gasteiger partial charge is 0.330 e. The van der Waals surface area contributed by atoms with Gasteiger partial charge in [-0.15, -0.1) is 24.8 Å². The molecule has 4 nitrogen and oxygen atoms in total. The summed E-state index contributed by atoms with van der Waals surface area (Å²) in [6.45, 7) is 0.758. The van der Waals surface area contributed by atoms with Crippen molar-refractivity contribution < 1.29 is 0 Å². The smallest absolute Gasteiger partial charge is 0.137 e. The number of halogens is 2. The van der Waals surface area contributed by atoms with Crippen molar-refractivity contribution in [3.8, 4) is 0 Å². The van der Waals surface area contributed by atoms with Gasteiger partial charge in [-0.1, -0.05) is 0 Å². The van der Waals surface area contributed by atoms with Crippen LogP contribution in [-0.4, -0.2) is 21.7 Å². The van der Waals surface area contributed by atoms with Gasteiger partial charge in [-0.05, 0) is 19.4 Å². The Labute approximate surface area is 84.2 Å². The highest BCUT2D eigenvalue weighted by Crippen LogP contribution is 1.94. The number of hydrogen-bond donors (Lipinski definition) is 2. The first kappa shape index (κ1) is 14.2. The Morgan fingerprint density at radius 2 is 2.08 bits per heavy atom. The van der Waals surface area contributed by atoms with E-state index in [1.165, 1.54) is 6.33 Å². The molecule has 6 heteroatoms. The summed E-state index contributed by atoms with van der Waals surface area (Å²) < 4.78 is 0. The number of nitrogens with one attached hydrogen (secondary N) is 1. The molecule has 0 aromatic carbocycles. The lowest BCUT2D eigenvalue weighted by atomic mass is 10.2. The van der Waals surface area contributed by atoms with Gasteiger partial charge in [0.2, 0.25) is 0 Å². The zero-order valence-corrected chi connectivity index (χ0v) is 8.33. The van der Waals surface area contributed by atoms with Crippen molar-refractivity contribution in [3.05, 3.63) is 12.2 Å². The summed E-state index contributed by atoms with van der Waals surface area (Å²) in [7, 11) is 0. The Balaban J connectivity index is 0. The second-order valence-electron chi connectivity index (χ2n) is 2.18. The number of H-pyrrole nitrogens is 1. The van der Waals surface area contributed by atoms with Crippen molar-refractivity contribution >= 4 is 24.8 Å². The van der Waals surface area contributed by atoms with Crippen molar-refractivity contribution in [2.24, 2.45) is 5.73 Å². The highest BCUT2D eigenvalue weighted by atomic mass is 35.5. The van der Waals surface area contributed by atoms with Gasteiger partial charge in [-0.25, -0.2) is 4.98 Å². The Kier molecular flexibility index (Phi) is 10.4. The molecule has 0 spiro atoms. The van der Waals surface area contributed by atoms with Gasteiger partial charge >= 0.3 is 0 Å². The van der Waals surface area contributed by atoms with Gasteiger partial charge in [-0.2, -0.15) is 5.10 Å². The summed E-state index contributed by atoms with van der Waals surface area (Å²) in [6, 6.07) is 0. The Morgan fingerprint density at radius 3 is 2.58 bits per heavy atom. The molecule has 0 fully saturated rings. The minimum atomic E-state index is 0. The van der Waals surface area contributed by atoms with E-state index in [9.17, 15) is 0 Å². The fraction of sp³-hybridized carbons (Fsp3) is 0.667. The van der Waals surface area contributed by atoms with Gasteiger partial charge in [0.25, 0.3) is 0 Å². The first-order valence-corrected chi connectivity index (χ1v) is 3.48. The number of hydrogen-bond acceptors (Lipinski definition) is 3. The van der Waals surface area contributed by atoms with Gasteiger partial charge < -0.3 is 5.73 Å². The molecule has 0 radical (unpaired) electrons. The van der Waals surface area contributed by atoms with Gasteiger partial charge in [0.15, 0.2) is 0 Å². The van der Waals surface area contributed by atoms with E-state index in [0.717, 1.165) is 31.6 Å². The highest BCUT2D eigenvalue weighted by molar-refractivity contribution is 5.85. The third-order valence-corrected chi connectivity index (χ3v) is 1.33. The van der Waals surface area contributed by atoms with Crippen LogP contribution in [0.1, 0.15) is 18.7 Å². The first-order valence-electron chi connectivity index (χ1n) is 3.48. The number of nitrogens with zero attached hydrogens (tertiary/aromatic N) is 2. The van der Waals surface area contributed by atoms with Gasteiger partial charge in [0, 0.05) is 6.42 Å². The Morgan fingerprint density at radius 1 is 1.33 bits per heavy atom. The SMILES string of the molecule is Cl.Cl.NCCCCc1ncn[nH]1. The second kappa shape index (κ2) is 8.77. The van der Waals surface area contributed by atoms with Crippen LogP contribution in [0.4, 0.5) is 0 Å². The summed E-state index contributed by atoms with van der Waals surface area (Å²) in [4.78, 5) is 3.98. The fourth-order valence-electron chi connectivity index (χ4n) is 0.788. The van der Waals surface area contributed by atoms with Crippen LogP contribution in [0.5, 0.6) is 0 Å². The van der Waals surface area contributed by atoms with Crippen LogP contribution in [0.25, 0.3) is 0 Å². The van der Waals surface area contributed by atoms with Crippen LogP contribution in [0.2, 0.25) is 0 Å². The number of aromatic amines is 1. The molecule has 3 N–H and O–H groups in total. The Bertz CT molecular complexity index is 166. The lowest BCUT2D eigenvalue weighted by molar-refractivity contribution is 0.718. The molecule has 1 aromatic heterocycles. The summed E-state index contributed by atoms with van der Waals surface area (Å²) in [5, 5.41) is 6.53. The van der Waals surface area contributed by atoms with E-state index in [-0.39, 0.29) is 24.8 Å². The Hall–Kier alpha value is -0.320. The monoisotopic (exact) mass is 212 g/mol. The molecule has 12 heavy (non-hydrogen) atoms. The summed E-state index contributed by atoms with van der Waals surface area (Å²) in [5.41, 5.74) is 5.32. The second-order valence-corrected chi connectivity index (χ2v) is 2.18. The number of nitrogens with two attached hydrogens (primary N) is 1. The molecule has 1 aromatic rings. The van der Waals surface area contributed by atoms with E-state index in [4.69, 9.17) is 5.73 Å². The maximum absolute atomic E-state index is 5.32. The lowest BCUT2D eigenvalue weighted by Crippen LogP contribution is -1.99. The van der Waals surface area contributed by atoms with E-state index in [1.54, 1.807) is 0 Å². The molecule has 0 saturated heterocycles. The normalized spacial score (nSPS) is 8.42. The van der Waals surface area contributed by atoms with E-state index < -0.39 is 0 Å². The highest BCUT2D eigenvalue weighted by Gasteiger charge is 1.92. The summed E-state index contributed by atoms with van der Waals surface area (Å²) in [5.74, 6) is 0.952. The van der Waals surface area contributed by atoms with Crippen LogP contribution in [0.15, 0.2) is 6.33 Å². The number of rotatable bonds is 4. The fourth-order valence-corrected chi connectivity index (χ4v) is 0.788. The van der Waals surface area contributed by atoms with Gasteiger partial charge in [-0.3, -0.25) is 5.10 Å². The standard InChI is InChI=1S/C6H12N4.2ClH/c7-4-2-1-3-6-8-5-9-10-6;;/h5H,1-4,7H2,(H,8,9,10);2*1H. The van der Waals surface area contributed by atoms with Crippen LogP contribution in [0, 0.1) is 0 Å². The molecule has 0 saturated carbocycles. The summed E-state index contributed by atoms with van der Waals surface area (Å²) in [6.07, 6.45) is 4.63. The maximum Gasteiger partial charge on any atom is 0.137 e. The zero-order valence-electron chi connectivity index (χ0n) is 6.69. The van der Waals surface area contributed by atoms with E-state index in [2.05, 4.69) is 15.2 Å². The van der Waals surface area contributed by atoms with Gasteiger partial charge in [0.1, 0.15) is 12.2 Å². The van der Waals surface area contributed by atoms with Crippen molar-refractivity contribution in [2.75, 3.05) is 6.54 Å². The molecular formula is C6H14Cl2N4. The van der Waals surface area contributed by atoms with E-state index in [0.29, 0.717) is 0 Å². The van der Waals surface area contributed by atoms with Crippen molar-refractivity contribution in [2.45, 2.75) is 19.3 Å². The van der Waals surface area contributed by atoms with E-state index in [1.807, 2.05) is 0 Å². The minimum absolute atomic E-state index is 0. The van der Waals surface area contributed by atoms with Crippen molar-refractivity contribution in [1.29, 1.82) is 0 Å². The molecule has 0 unspecified atom stereocenters. The third kappa shape index (κ3) is 5.35. The average molecular weight is 213 g/mol. The van der Waals surface area contributed by atoms with Crippen molar-refractivity contribution in [1.82, 2.24) is 15.2 Å². The lowest BCUT2D eigenvalue weighted by Gasteiger charge is -1.92. The van der Waals surface area contributed by atoms with Crippen LogP contribution < -0.4 is 5.73 Å². The summed E-state index contributed by atoms with van der Waals surface area (Å²) >= 11 is 0. The molecule has 1 rings (SSSR count). The number of aryl methyl sites for hydroxylation is 1. The predicted octanol–water partition coefficient (Wildman–Crippen LogP) is 0.930. The predicted molar refractivity (Wildman–Crippen MR) is 52.9 cm³/mol. The molecule has 0 atom stereocenters. The zero-order chi connectivity index (χ0) is 7.23. The quantitative estimate of drug-likeness (QED) is 0.731. The molecule has 72 valence electrons. The minimum Gasteiger partial charge on any atom is -0.330 e. The van der Waals surface area contributed by atoms with E-state index >= 15 is 0 Å². The third-order valence-electron chi connectivity index (χ3n) is 1.33. The van der Waals surface area contributed by atoms with Crippen LogP contribution >= 0.6 is 24.8 Å². The first-order chi connectivity index (χ1) is 4.93. The molecule has 0 aliphatic carbocycles. The molecule has 0 aliphatic rings. The van der Waals surface area contributed by atoms with Gasteiger partial charge in [0.05, 0.1) is 0 Å². The molecule has 0 bridgehead atoms.